The van der Waals surface area contributed by atoms with Gasteiger partial charge in [0.2, 0.25) is 0 Å². The van der Waals surface area contributed by atoms with Crippen LogP contribution in [0.4, 0.5) is 0 Å². The van der Waals surface area contributed by atoms with Crippen molar-refractivity contribution in [2.45, 2.75) is 72.8 Å². The Morgan fingerprint density at radius 1 is 1.18 bits per heavy atom. The molecule has 3 aromatic rings. The summed E-state index contributed by atoms with van der Waals surface area (Å²) < 4.78 is 13.7. The molecule has 0 aliphatic carbocycles. The number of nitrogens with zero attached hydrogens (tertiary/aromatic N) is 3. The molecule has 0 amide bonds. The number of benzene rings is 2. The molecular formula is C27H35N3O3. The van der Waals surface area contributed by atoms with Crippen molar-refractivity contribution >= 4 is 16.9 Å². The molecule has 0 saturated carbocycles. The van der Waals surface area contributed by atoms with Gasteiger partial charge in [-0.25, -0.2) is 0 Å². The van der Waals surface area contributed by atoms with Gasteiger partial charge in [-0.05, 0) is 88.4 Å². The van der Waals surface area contributed by atoms with Crippen LogP contribution in [0.25, 0.3) is 10.9 Å². The predicted molar refractivity (Wildman–Crippen MR) is 130 cm³/mol. The molecule has 6 nitrogen and oxygen atoms in total. The van der Waals surface area contributed by atoms with Gasteiger partial charge in [-0.1, -0.05) is 12.1 Å². The number of carbonyl (C=O) groups is 1. The average Bonchev–Trinajstić information content (AvgIpc) is 3.16. The Bertz CT molecular complexity index is 1160. The Labute approximate surface area is 196 Å². The summed E-state index contributed by atoms with van der Waals surface area (Å²) in [4.78, 5) is 14.4. The summed E-state index contributed by atoms with van der Waals surface area (Å²) >= 11 is 0. The first kappa shape index (κ1) is 23.3. The van der Waals surface area contributed by atoms with E-state index in [1.165, 1.54) is 16.7 Å². The van der Waals surface area contributed by atoms with Crippen LogP contribution >= 0.6 is 0 Å². The van der Waals surface area contributed by atoms with Gasteiger partial charge >= 0.3 is 5.97 Å². The van der Waals surface area contributed by atoms with E-state index in [9.17, 15) is 4.79 Å². The van der Waals surface area contributed by atoms with E-state index in [0.29, 0.717) is 19.2 Å². The fourth-order valence-electron chi connectivity index (χ4n) is 4.33. The maximum atomic E-state index is 12.2. The van der Waals surface area contributed by atoms with Crippen LogP contribution in [0.5, 0.6) is 5.75 Å². The lowest BCUT2D eigenvalue weighted by Gasteiger charge is -2.30. The van der Waals surface area contributed by atoms with Gasteiger partial charge in [0.1, 0.15) is 18.0 Å². The number of fused-ring (bicyclic) bond motifs is 2. The molecule has 0 unspecified atom stereocenters. The van der Waals surface area contributed by atoms with Gasteiger partial charge < -0.3 is 9.47 Å². The van der Waals surface area contributed by atoms with Crippen LogP contribution in [0, 0.1) is 6.92 Å². The third-order valence-electron chi connectivity index (χ3n) is 6.00. The maximum absolute atomic E-state index is 12.2. The highest BCUT2D eigenvalue weighted by Crippen LogP contribution is 2.30. The third kappa shape index (κ3) is 5.56. The van der Waals surface area contributed by atoms with E-state index in [1.54, 1.807) is 0 Å². The van der Waals surface area contributed by atoms with E-state index in [-0.39, 0.29) is 5.97 Å². The monoisotopic (exact) mass is 449 g/mol. The minimum atomic E-state index is -0.451. The fraction of sp³-hybridized carbons (Fsp3) is 0.481. The van der Waals surface area contributed by atoms with E-state index in [2.05, 4.69) is 67.3 Å². The molecule has 33 heavy (non-hydrogen) atoms. The van der Waals surface area contributed by atoms with Crippen LogP contribution in [0.2, 0.25) is 0 Å². The molecule has 0 saturated heterocycles. The molecule has 0 N–H and O–H groups in total. The molecule has 0 spiro atoms. The first-order valence-corrected chi connectivity index (χ1v) is 11.8. The van der Waals surface area contributed by atoms with Gasteiger partial charge in [0.05, 0.1) is 12.1 Å². The summed E-state index contributed by atoms with van der Waals surface area (Å²) in [5.74, 6) is 0.755. The predicted octanol–water partition coefficient (Wildman–Crippen LogP) is 5.20. The van der Waals surface area contributed by atoms with Crippen LogP contribution in [-0.2, 0) is 29.1 Å². The lowest BCUT2D eigenvalue weighted by atomic mass is 9.94. The Morgan fingerprint density at radius 2 is 1.97 bits per heavy atom. The summed E-state index contributed by atoms with van der Waals surface area (Å²) in [5.41, 5.74) is 5.48. The fourth-order valence-corrected chi connectivity index (χ4v) is 4.33. The normalized spacial score (nSPS) is 14.5. The molecule has 0 fully saturated rings. The number of esters is 1. The molecule has 4 rings (SSSR count). The number of carbonyl (C=O) groups excluding carboxylic acids is 1. The molecule has 1 aliphatic heterocycles. The first-order chi connectivity index (χ1) is 15.6. The van der Waals surface area contributed by atoms with E-state index < -0.39 is 5.60 Å². The molecule has 1 aliphatic rings. The van der Waals surface area contributed by atoms with Crippen molar-refractivity contribution in [3.05, 3.63) is 58.8 Å². The van der Waals surface area contributed by atoms with E-state index in [4.69, 9.17) is 9.47 Å². The Balaban J connectivity index is 1.41. The minimum Gasteiger partial charge on any atom is -0.489 e. The molecule has 0 bridgehead atoms. The van der Waals surface area contributed by atoms with Crippen molar-refractivity contribution < 1.29 is 14.3 Å². The number of aromatic nitrogens is 2. The summed E-state index contributed by atoms with van der Waals surface area (Å²) in [7, 11) is 0. The largest absolute Gasteiger partial charge is 0.489 e. The Kier molecular flexibility index (Phi) is 6.48. The topological polar surface area (TPSA) is 56.6 Å². The minimum absolute atomic E-state index is 0.168. The van der Waals surface area contributed by atoms with Gasteiger partial charge in [0.25, 0.3) is 0 Å². The lowest BCUT2D eigenvalue weighted by Crippen LogP contribution is -2.38. The summed E-state index contributed by atoms with van der Waals surface area (Å²) in [5, 5.41) is 5.75. The van der Waals surface area contributed by atoms with Crippen LogP contribution in [0.3, 0.4) is 0 Å². The first-order valence-electron chi connectivity index (χ1n) is 11.8. The zero-order chi connectivity index (χ0) is 23.8. The SMILES string of the molecule is Cc1c(OCc2ccc3nn(C(C)C)cc3c2)ccc2c1CCN(CC(=O)OC(C)(C)C)C2. The van der Waals surface area contributed by atoms with E-state index >= 15 is 0 Å². The Morgan fingerprint density at radius 3 is 2.70 bits per heavy atom. The molecule has 0 radical (unpaired) electrons. The summed E-state index contributed by atoms with van der Waals surface area (Å²) in [6.07, 6.45) is 3.00. The number of ether oxygens (including phenoxy) is 2. The molecule has 6 heteroatoms. The van der Waals surface area contributed by atoms with Crippen LogP contribution in [0.1, 0.15) is 62.9 Å². The van der Waals surface area contributed by atoms with Gasteiger partial charge in [-0.2, -0.15) is 5.10 Å². The van der Waals surface area contributed by atoms with Gasteiger partial charge in [-0.3, -0.25) is 14.4 Å². The van der Waals surface area contributed by atoms with Crippen LogP contribution < -0.4 is 4.74 Å². The maximum Gasteiger partial charge on any atom is 0.320 e. The molecule has 176 valence electrons. The van der Waals surface area contributed by atoms with E-state index in [1.807, 2.05) is 25.5 Å². The number of rotatable bonds is 6. The zero-order valence-corrected chi connectivity index (χ0v) is 20.6. The van der Waals surface area contributed by atoms with Crippen molar-refractivity contribution in [3.8, 4) is 5.75 Å². The van der Waals surface area contributed by atoms with E-state index in [0.717, 1.165) is 41.7 Å². The van der Waals surface area contributed by atoms with Crippen molar-refractivity contribution in [2.24, 2.45) is 0 Å². The average molecular weight is 450 g/mol. The molecule has 2 aromatic carbocycles. The molecule has 1 aromatic heterocycles. The second kappa shape index (κ2) is 9.18. The number of hydrogen-bond acceptors (Lipinski definition) is 5. The zero-order valence-electron chi connectivity index (χ0n) is 20.6. The van der Waals surface area contributed by atoms with Crippen LogP contribution in [0.15, 0.2) is 36.5 Å². The van der Waals surface area contributed by atoms with Crippen LogP contribution in [-0.4, -0.2) is 39.3 Å². The van der Waals surface area contributed by atoms with Gasteiger partial charge in [0.15, 0.2) is 0 Å². The quantitative estimate of drug-likeness (QED) is 0.484. The second-order valence-electron chi connectivity index (χ2n) is 10.3. The van der Waals surface area contributed by atoms with Crippen molar-refractivity contribution in [1.29, 1.82) is 0 Å². The highest BCUT2D eigenvalue weighted by molar-refractivity contribution is 5.78. The molecule has 2 heterocycles. The molecule has 0 atom stereocenters. The smallest absolute Gasteiger partial charge is 0.320 e. The summed E-state index contributed by atoms with van der Waals surface area (Å²) in [6.45, 7) is 14.5. The molecular weight excluding hydrogens is 414 g/mol. The lowest BCUT2D eigenvalue weighted by molar-refractivity contribution is -0.156. The van der Waals surface area contributed by atoms with Gasteiger partial charge in [-0.15, -0.1) is 0 Å². The van der Waals surface area contributed by atoms with Gasteiger partial charge in [0, 0.05) is 30.7 Å². The summed E-state index contributed by atoms with van der Waals surface area (Å²) in [6, 6.07) is 10.8. The van der Waals surface area contributed by atoms with Crippen molar-refractivity contribution in [2.75, 3.05) is 13.1 Å². The van der Waals surface area contributed by atoms with Crippen molar-refractivity contribution in [3.63, 3.8) is 0 Å². The number of hydrogen-bond donors (Lipinski definition) is 0. The Hall–Kier alpha value is -2.86. The second-order valence-corrected chi connectivity index (χ2v) is 10.3. The standard InChI is InChI=1S/C27H35N3O3/c1-18(2)30-15-22-13-20(7-9-24(22)28-30)17-32-25-10-8-21-14-29(12-11-23(21)19(25)3)16-26(31)33-27(4,5)6/h7-10,13,15,18H,11-12,14,16-17H2,1-6H3. The highest BCUT2D eigenvalue weighted by Gasteiger charge is 2.24. The third-order valence-corrected chi connectivity index (χ3v) is 6.00. The van der Waals surface area contributed by atoms with Crippen molar-refractivity contribution in [1.82, 2.24) is 14.7 Å². The highest BCUT2D eigenvalue weighted by atomic mass is 16.6.